The number of morpholine rings is 1. The third-order valence-electron chi connectivity index (χ3n) is 4.69. The predicted molar refractivity (Wildman–Crippen MR) is 83.9 cm³/mol. The molecule has 2 aliphatic heterocycles. The van der Waals surface area contributed by atoms with Gasteiger partial charge in [-0.3, -0.25) is 4.90 Å². The molecule has 0 amide bonds. The number of hydrogen-bond donors (Lipinski definition) is 1. The summed E-state index contributed by atoms with van der Waals surface area (Å²) in [5.41, 5.74) is -0.0445. The van der Waals surface area contributed by atoms with Gasteiger partial charge in [-0.2, -0.15) is 0 Å². The van der Waals surface area contributed by atoms with Gasteiger partial charge in [-0.05, 0) is 39.4 Å². The molecule has 2 saturated heterocycles. The number of likely N-dealkylation sites (tertiary alicyclic amines) is 1. The van der Waals surface area contributed by atoms with Crippen molar-refractivity contribution in [2.75, 3.05) is 58.7 Å². The van der Waals surface area contributed by atoms with E-state index in [1.165, 1.54) is 0 Å². The molecule has 0 aromatic heterocycles. The SMILES string of the molecule is CCCS(=O)(=O)NCC1(N2CCOCC2)CCN(C)CC1. The maximum atomic E-state index is 12.0. The molecule has 21 heavy (non-hydrogen) atoms. The van der Waals surface area contributed by atoms with Crippen molar-refractivity contribution in [1.29, 1.82) is 0 Å². The van der Waals surface area contributed by atoms with Gasteiger partial charge in [0.1, 0.15) is 0 Å². The van der Waals surface area contributed by atoms with Crippen molar-refractivity contribution in [3.8, 4) is 0 Å². The number of rotatable bonds is 6. The largest absolute Gasteiger partial charge is 0.379 e. The van der Waals surface area contributed by atoms with E-state index in [9.17, 15) is 8.42 Å². The lowest BCUT2D eigenvalue weighted by Crippen LogP contribution is -2.62. The minimum absolute atomic E-state index is 0.0445. The average Bonchev–Trinajstić information content (AvgIpc) is 2.48. The first-order valence-electron chi connectivity index (χ1n) is 7.96. The van der Waals surface area contributed by atoms with E-state index in [0.717, 1.165) is 52.2 Å². The maximum absolute atomic E-state index is 12.0. The Hall–Kier alpha value is -0.210. The van der Waals surface area contributed by atoms with Gasteiger partial charge in [-0.15, -0.1) is 0 Å². The molecule has 0 atom stereocenters. The highest BCUT2D eigenvalue weighted by atomic mass is 32.2. The second-order valence-electron chi connectivity index (χ2n) is 6.27. The van der Waals surface area contributed by atoms with Crippen molar-refractivity contribution in [3.05, 3.63) is 0 Å². The van der Waals surface area contributed by atoms with Crippen LogP contribution in [0.15, 0.2) is 0 Å². The van der Waals surface area contributed by atoms with E-state index in [1.807, 2.05) is 6.92 Å². The smallest absolute Gasteiger partial charge is 0.211 e. The van der Waals surface area contributed by atoms with Gasteiger partial charge < -0.3 is 9.64 Å². The second kappa shape index (κ2) is 7.37. The molecule has 2 rings (SSSR count). The van der Waals surface area contributed by atoms with Crippen LogP contribution in [0.2, 0.25) is 0 Å². The summed E-state index contributed by atoms with van der Waals surface area (Å²) in [6.07, 6.45) is 2.68. The molecule has 0 aromatic carbocycles. The quantitative estimate of drug-likeness (QED) is 0.753. The Balaban J connectivity index is 2.05. The molecule has 0 unspecified atom stereocenters. The lowest BCUT2D eigenvalue weighted by molar-refractivity contribution is -0.0427. The van der Waals surface area contributed by atoms with Crippen LogP contribution in [0.1, 0.15) is 26.2 Å². The van der Waals surface area contributed by atoms with Gasteiger partial charge >= 0.3 is 0 Å². The summed E-state index contributed by atoms with van der Waals surface area (Å²) >= 11 is 0. The Morgan fingerprint density at radius 2 is 1.76 bits per heavy atom. The molecular formula is C14H29N3O3S. The molecular weight excluding hydrogens is 290 g/mol. The maximum Gasteiger partial charge on any atom is 0.211 e. The molecule has 2 aliphatic rings. The van der Waals surface area contributed by atoms with Crippen molar-refractivity contribution in [3.63, 3.8) is 0 Å². The molecule has 6 nitrogen and oxygen atoms in total. The highest BCUT2D eigenvalue weighted by molar-refractivity contribution is 7.89. The Morgan fingerprint density at radius 3 is 2.33 bits per heavy atom. The molecule has 7 heteroatoms. The standard InChI is InChI=1S/C14H29N3O3S/c1-3-12-21(18,19)15-13-14(4-6-16(2)7-5-14)17-8-10-20-11-9-17/h15H,3-13H2,1-2H3. The Bertz CT molecular complexity index is 413. The Morgan fingerprint density at radius 1 is 1.14 bits per heavy atom. The van der Waals surface area contributed by atoms with Crippen molar-refractivity contribution < 1.29 is 13.2 Å². The van der Waals surface area contributed by atoms with E-state index in [1.54, 1.807) is 0 Å². The Labute approximate surface area is 128 Å². The first-order valence-corrected chi connectivity index (χ1v) is 9.61. The zero-order chi connectivity index (χ0) is 15.3. The number of ether oxygens (including phenoxy) is 1. The molecule has 0 saturated carbocycles. The lowest BCUT2D eigenvalue weighted by Gasteiger charge is -2.49. The van der Waals surface area contributed by atoms with E-state index < -0.39 is 10.0 Å². The van der Waals surface area contributed by atoms with Crippen LogP contribution in [-0.4, -0.2) is 82.5 Å². The summed E-state index contributed by atoms with van der Waals surface area (Å²) in [7, 11) is -1.01. The summed E-state index contributed by atoms with van der Waals surface area (Å²) in [4.78, 5) is 4.76. The second-order valence-corrected chi connectivity index (χ2v) is 8.19. The molecule has 0 radical (unpaired) electrons. The van der Waals surface area contributed by atoms with Crippen molar-refractivity contribution in [2.24, 2.45) is 0 Å². The van der Waals surface area contributed by atoms with Crippen LogP contribution in [0.5, 0.6) is 0 Å². The van der Waals surface area contributed by atoms with Crippen LogP contribution in [0.3, 0.4) is 0 Å². The van der Waals surface area contributed by atoms with Gasteiger partial charge in [0, 0.05) is 25.2 Å². The van der Waals surface area contributed by atoms with Gasteiger partial charge in [0.25, 0.3) is 0 Å². The summed E-state index contributed by atoms with van der Waals surface area (Å²) in [6, 6.07) is 0. The van der Waals surface area contributed by atoms with Crippen molar-refractivity contribution >= 4 is 10.0 Å². The fraction of sp³-hybridized carbons (Fsp3) is 1.00. The fourth-order valence-electron chi connectivity index (χ4n) is 3.26. The average molecular weight is 319 g/mol. The monoisotopic (exact) mass is 319 g/mol. The van der Waals surface area contributed by atoms with Gasteiger partial charge in [-0.25, -0.2) is 13.1 Å². The van der Waals surface area contributed by atoms with E-state index in [-0.39, 0.29) is 11.3 Å². The van der Waals surface area contributed by atoms with Crippen LogP contribution >= 0.6 is 0 Å². The van der Waals surface area contributed by atoms with Crippen LogP contribution in [-0.2, 0) is 14.8 Å². The van der Waals surface area contributed by atoms with Crippen LogP contribution in [0.25, 0.3) is 0 Å². The van der Waals surface area contributed by atoms with Crippen LogP contribution in [0.4, 0.5) is 0 Å². The van der Waals surface area contributed by atoms with E-state index in [0.29, 0.717) is 13.0 Å². The summed E-state index contributed by atoms with van der Waals surface area (Å²) in [6.45, 7) is 7.77. The topological polar surface area (TPSA) is 61.9 Å². The lowest BCUT2D eigenvalue weighted by atomic mass is 9.85. The summed E-state index contributed by atoms with van der Waals surface area (Å²) in [5, 5.41) is 0. The minimum Gasteiger partial charge on any atom is -0.379 e. The third-order valence-corrected chi connectivity index (χ3v) is 6.22. The highest BCUT2D eigenvalue weighted by Crippen LogP contribution is 2.29. The molecule has 0 aromatic rings. The zero-order valence-electron chi connectivity index (χ0n) is 13.3. The zero-order valence-corrected chi connectivity index (χ0v) is 14.1. The molecule has 0 aliphatic carbocycles. The van der Waals surface area contributed by atoms with Gasteiger partial charge in [0.2, 0.25) is 10.0 Å². The van der Waals surface area contributed by atoms with Gasteiger partial charge in [-0.1, -0.05) is 6.92 Å². The van der Waals surface area contributed by atoms with Crippen LogP contribution < -0.4 is 4.72 Å². The number of nitrogens with one attached hydrogen (secondary N) is 1. The molecule has 2 fully saturated rings. The first kappa shape index (κ1) is 17.1. The van der Waals surface area contributed by atoms with Crippen LogP contribution in [0, 0.1) is 0 Å². The molecule has 1 N–H and O–H groups in total. The summed E-state index contributed by atoms with van der Waals surface area (Å²) < 4.78 is 32.3. The third kappa shape index (κ3) is 4.63. The molecule has 0 bridgehead atoms. The number of sulfonamides is 1. The fourth-order valence-corrected chi connectivity index (χ4v) is 4.43. The minimum atomic E-state index is -3.14. The number of nitrogens with zero attached hydrogens (tertiary/aromatic N) is 2. The Kier molecular flexibility index (Phi) is 6.02. The van der Waals surface area contributed by atoms with Crippen molar-refractivity contribution in [2.45, 2.75) is 31.7 Å². The van der Waals surface area contributed by atoms with Crippen molar-refractivity contribution in [1.82, 2.24) is 14.5 Å². The number of piperidine rings is 1. The van der Waals surface area contributed by atoms with Gasteiger partial charge in [0.05, 0.1) is 19.0 Å². The first-order chi connectivity index (χ1) is 9.97. The molecule has 2 heterocycles. The van der Waals surface area contributed by atoms with Gasteiger partial charge in [0.15, 0.2) is 0 Å². The number of hydrogen-bond acceptors (Lipinski definition) is 5. The summed E-state index contributed by atoms with van der Waals surface area (Å²) in [5.74, 6) is 0.214. The normalized spacial score (nSPS) is 25.0. The molecule has 0 spiro atoms. The molecule has 124 valence electrons. The van der Waals surface area contributed by atoms with E-state index >= 15 is 0 Å². The highest BCUT2D eigenvalue weighted by Gasteiger charge is 2.40. The predicted octanol–water partition coefficient (Wildman–Crippen LogP) is 0.112. The van der Waals surface area contributed by atoms with E-state index in [4.69, 9.17) is 4.74 Å². The van der Waals surface area contributed by atoms with E-state index in [2.05, 4.69) is 21.6 Å².